The van der Waals surface area contributed by atoms with E-state index in [1.165, 1.54) is 6.42 Å². The van der Waals surface area contributed by atoms with Crippen molar-refractivity contribution in [2.24, 2.45) is 0 Å². The number of unbranched alkanes of at least 4 members (excludes halogenated alkanes) is 2. The molecule has 15 heavy (non-hydrogen) atoms. The molecular formula is C13H14NS+. The molecule has 0 spiro atoms. The second kappa shape index (κ2) is 6.95. The van der Waals surface area contributed by atoms with Gasteiger partial charge in [-0.15, -0.1) is 0 Å². The van der Waals surface area contributed by atoms with E-state index in [1.807, 2.05) is 24.3 Å². The fraction of sp³-hybridized carbons (Fsp3) is 0.308. The third kappa shape index (κ3) is 4.08. The van der Waals surface area contributed by atoms with Crippen molar-refractivity contribution in [3.63, 3.8) is 0 Å². The van der Waals surface area contributed by atoms with Crippen LogP contribution in [0.4, 0.5) is 5.69 Å². The van der Waals surface area contributed by atoms with Gasteiger partial charge in [0.2, 0.25) is 5.69 Å². The monoisotopic (exact) mass is 216 g/mol. The van der Waals surface area contributed by atoms with Gasteiger partial charge in [-0.3, -0.25) is 0 Å². The summed E-state index contributed by atoms with van der Waals surface area (Å²) in [5.41, 5.74) is 1.91. The minimum absolute atomic E-state index is 0.927. The zero-order valence-electron chi connectivity index (χ0n) is 8.84. The largest absolute Gasteiger partial charge is 0.253 e. The Morgan fingerprint density at radius 1 is 1.33 bits per heavy atom. The number of hydrogen-bond donors (Lipinski definition) is 1. The SMILES string of the molecule is CCCCC#Cc1ccccc1[NH+]=C=S. The van der Waals surface area contributed by atoms with Crippen LogP contribution in [0, 0.1) is 11.8 Å². The van der Waals surface area contributed by atoms with Gasteiger partial charge >= 0.3 is 0 Å². The topological polar surface area (TPSA) is 14.0 Å². The standard InChI is InChI=1S/C13H13NS/c1-2-3-4-5-8-12-9-6-7-10-13(12)14-11-15/h6-7,9-10H,2-4H2,1H3/p+1. The molecule has 76 valence electrons. The minimum Gasteiger partial charge on any atom is -0.153 e. The van der Waals surface area contributed by atoms with E-state index in [1.54, 1.807) is 0 Å². The Morgan fingerprint density at radius 2 is 2.13 bits per heavy atom. The molecule has 1 aromatic carbocycles. The molecule has 0 radical (unpaired) electrons. The Bertz CT molecular complexity index is 420. The molecule has 0 aliphatic rings. The number of rotatable bonds is 3. The summed E-state index contributed by atoms with van der Waals surface area (Å²) in [7, 11) is 0. The summed E-state index contributed by atoms with van der Waals surface area (Å²) in [6.45, 7) is 2.16. The Labute approximate surface area is 96.2 Å². The lowest BCUT2D eigenvalue weighted by Gasteiger charge is -1.89. The predicted octanol–water partition coefficient (Wildman–Crippen LogP) is 2.04. The van der Waals surface area contributed by atoms with Crippen LogP contribution in [0.25, 0.3) is 0 Å². The molecule has 1 nitrogen and oxygen atoms in total. The van der Waals surface area contributed by atoms with Crippen LogP contribution in [-0.4, -0.2) is 5.16 Å². The Kier molecular flexibility index (Phi) is 5.40. The van der Waals surface area contributed by atoms with Crippen molar-refractivity contribution in [3.05, 3.63) is 29.8 Å². The number of hydrogen-bond acceptors (Lipinski definition) is 1. The third-order valence-corrected chi connectivity index (χ3v) is 2.09. The van der Waals surface area contributed by atoms with Crippen LogP contribution in [0.2, 0.25) is 0 Å². The highest BCUT2D eigenvalue weighted by Crippen LogP contribution is 2.06. The molecule has 0 fully saturated rings. The molecule has 1 N–H and O–H groups in total. The lowest BCUT2D eigenvalue weighted by Crippen LogP contribution is -2.59. The molecule has 0 aromatic heterocycles. The second-order valence-corrected chi connectivity index (χ2v) is 3.38. The summed E-state index contributed by atoms with van der Waals surface area (Å²) >= 11 is 4.64. The summed E-state index contributed by atoms with van der Waals surface area (Å²) in [5, 5.41) is 2.49. The summed E-state index contributed by atoms with van der Waals surface area (Å²) < 4.78 is 0. The van der Waals surface area contributed by atoms with Gasteiger partial charge in [0.05, 0.1) is 5.56 Å². The summed E-state index contributed by atoms with van der Waals surface area (Å²) in [6.07, 6.45) is 3.29. The van der Waals surface area contributed by atoms with E-state index in [-0.39, 0.29) is 0 Å². The maximum absolute atomic E-state index is 4.64. The first-order chi connectivity index (χ1) is 7.38. The molecule has 0 unspecified atom stereocenters. The summed E-state index contributed by atoms with van der Waals surface area (Å²) in [5.74, 6) is 6.28. The molecule has 0 aliphatic carbocycles. The number of isothiocyanates is 1. The van der Waals surface area contributed by atoms with Crippen molar-refractivity contribution >= 4 is 23.1 Å². The molecule has 2 heteroatoms. The smallest absolute Gasteiger partial charge is 0.153 e. The molecule has 1 aromatic rings. The average Bonchev–Trinajstić information content (AvgIpc) is 2.27. The average molecular weight is 216 g/mol. The molecule has 0 heterocycles. The Balaban J connectivity index is 2.82. The number of nitrogens with one attached hydrogen (secondary N) is 1. The van der Waals surface area contributed by atoms with Crippen LogP contribution < -0.4 is 4.99 Å². The van der Waals surface area contributed by atoms with Gasteiger partial charge in [0, 0.05) is 24.7 Å². The first-order valence-corrected chi connectivity index (χ1v) is 5.50. The highest BCUT2D eigenvalue weighted by atomic mass is 32.1. The van der Waals surface area contributed by atoms with Crippen LogP contribution in [0.5, 0.6) is 0 Å². The molecule has 0 saturated heterocycles. The fourth-order valence-electron chi connectivity index (χ4n) is 1.18. The van der Waals surface area contributed by atoms with Crippen molar-refractivity contribution in [1.82, 2.24) is 0 Å². The van der Waals surface area contributed by atoms with E-state index in [0.29, 0.717) is 0 Å². The second-order valence-electron chi connectivity index (χ2n) is 3.18. The van der Waals surface area contributed by atoms with Crippen molar-refractivity contribution in [2.75, 3.05) is 0 Å². The number of benzene rings is 1. The normalized spacial score (nSPS) is 8.60. The van der Waals surface area contributed by atoms with Crippen molar-refractivity contribution < 1.29 is 4.99 Å². The summed E-state index contributed by atoms with van der Waals surface area (Å²) in [4.78, 5) is 2.88. The number of para-hydroxylation sites is 1. The molecule has 0 bridgehead atoms. The van der Waals surface area contributed by atoms with Crippen LogP contribution in [0.3, 0.4) is 0 Å². The van der Waals surface area contributed by atoms with Crippen LogP contribution in [0.1, 0.15) is 31.7 Å². The maximum atomic E-state index is 4.64. The highest BCUT2D eigenvalue weighted by molar-refractivity contribution is 7.78. The molecule has 0 atom stereocenters. The van der Waals surface area contributed by atoms with Gasteiger partial charge < -0.3 is 0 Å². The molecule has 1 rings (SSSR count). The Morgan fingerprint density at radius 3 is 2.87 bits per heavy atom. The molecule has 0 aliphatic heterocycles. The lowest BCUT2D eigenvalue weighted by molar-refractivity contribution is -0.343. The zero-order valence-corrected chi connectivity index (χ0v) is 9.66. The van der Waals surface area contributed by atoms with E-state index in [2.05, 4.69) is 41.1 Å². The van der Waals surface area contributed by atoms with Crippen LogP contribution >= 0.6 is 12.2 Å². The van der Waals surface area contributed by atoms with Gasteiger partial charge in [0.1, 0.15) is 0 Å². The quantitative estimate of drug-likeness (QED) is 0.353. The van der Waals surface area contributed by atoms with E-state index in [0.717, 1.165) is 24.1 Å². The van der Waals surface area contributed by atoms with Crippen LogP contribution in [-0.2, 0) is 0 Å². The third-order valence-electron chi connectivity index (χ3n) is 1.99. The molecular weight excluding hydrogens is 202 g/mol. The van der Waals surface area contributed by atoms with Crippen molar-refractivity contribution in [2.45, 2.75) is 26.2 Å². The van der Waals surface area contributed by atoms with Crippen molar-refractivity contribution in [3.8, 4) is 11.8 Å². The maximum Gasteiger partial charge on any atom is 0.253 e. The van der Waals surface area contributed by atoms with Gasteiger partial charge in [0.25, 0.3) is 5.16 Å². The molecule has 0 saturated carbocycles. The minimum atomic E-state index is 0.927. The summed E-state index contributed by atoms with van der Waals surface area (Å²) in [6, 6.07) is 7.85. The van der Waals surface area contributed by atoms with Gasteiger partial charge in [-0.1, -0.05) is 37.3 Å². The van der Waals surface area contributed by atoms with E-state index < -0.39 is 0 Å². The highest BCUT2D eigenvalue weighted by Gasteiger charge is 2.00. The van der Waals surface area contributed by atoms with E-state index in [9.17, 15) is 0 Å². The molecule has 0 amide bonds. The predicted molar refractivity (Wildman–Crippen MR) is 66.1 cm³/mol. The van der Waals surface area contributed by atoms with Crippen molar-refractivity contribution in [1.29, 1.82) is 0 Å². The lowest BCUT2D eigenvalue weighted by atomic mass is 10.1. The zero-order chi connectivity index (χ0) is 10.9. The van der Waals surface area contributed by atoms with E-state index in [4.69, 9.17) is 0 Å². The Hall–Kier alpha value is -1.42. The van der Waals surface area contributed by atoms with Gasteiger partial charge in [-0.25, -0.2) is 0 Å². The van der Waals surface area contributed by atoms with Gasteiger partial charge in [-0.2, -0.15) is 4.99 Å². The van der Waals surface area contributed by atoms with Gasteiger partial charge in [-0.05, 0) is 12.5 Å². The number of thiocarbonyl (C=S) groups is 1. The van der Waals surface area contributed by atoms with E-state index >= 15 is 0 Å². The first kappa shape index (κ1) is 11.7. The van der Waals surface area contributed by atoms with Crippen LogP contribution in [0.15, 0.2) is 24.3 Å². The fourth-order valence-corrected chi connectivity index (χ4v) is 1.29. The van der Waals surface area contributed by atoms with Gasteiger partial charge in [0.15, 0.2) is 0 Å². The first-order valence-electron chi connectivity index (χ1n) is 5.09.